The van der Waals surface area contributed by atoms with Gasteiger partial charge in [0.25, 0.3) is 5.91 Å². The number of thioether (sulfide) groups is 1. The maximum Gasteiger partial charge on any atom is 0.308 e. The number of benzene rings is 1. The average molecular weight is 494 g/mol. The average Bonchev–Trinajstić information content (AvgIpc) is 3.29. The summed E-state index contributed by atoms with van der Waals surface area (Å²) in [6.07, 6.45) is 5.69. The summed E-state index contributed by atoms with van der Waals surface area (Å²) in [5.74, 6) is -1.15. The Hall–Kier alpha value is -2.10. The highest BCUT2D eigenvalue weighted by Crippen LogP contribution is 2.38. The van der Waals surface area contributed by atoms with Gasteiger partial charge in [0, 0.05) is 27.5 Å². The predicted octanol–water partition coefficient (Wildman–Crippen LogP) is 4.90. The van der Waals surface area contributed by atoms with Crippen molar-refractivity contribution in [2.75, 3.05) is 10.2 Å². The summed E-state index contributed by atoms with van der Waals surface area (Å²) in [6.45, 7) is 1.58. The topological polar surface area (TPSA) is 88.6 Å². The van der Waals surface area contributed by atoms with Crippen LogP contribution in [0, 0.1) is 0 Å². The van der Waals surface area contributed by atoms with E-state index in [-0.39, 0.29) is 24.3 Å². The van der Waals surface area contributed by atoms with E-state index in [2.05, 4.69) is 10.3 Å². The number of nitrogens with zero attached hydrogens (tertiary/aromatic N) is 2. The summed E-state index contributed by atoms with van der Waals surface area (Å²) < 4.78 is 5.47. The number of fused-ring (bicyclic) bond motifs is 1. The molecule has 2 amide bonds. The zero-order valence-electron chi connectivity index (χ0n) is 17.6. The molecule has 1 aliphatic carbocycles. The summed E-state index contributed by atoms with van der Waals surface area (Å²) in [6, 6.07) is 5.28. The number of amides is 2. The van der Waals surface area contributed by atoms with Crippen molar-refractivity contribution in [3.8, 4) is 0 Å². The molecule has 2 aromatic rings. The number of hydrogen-bond acceptors (Lipinski definition) is 7. The van der Waals surface area contributed by atoms with E-state index in [1.54, 1.807) is 30.2 Å². The highest BCUT2D eigenvalue weighted by Gasteiger charge is 2.35. The van der Waals surface area contributed by atoms with Crippen molar-refractivity contribution in [1.82, 2.24) is 4.98 Å². The zero-order chi connectivity index (χ0) is 22.7. The standard InChI is InChI=1S/C22H24ClN3O4S2/c1-13(21(29)26(22-24-9-10-31-22)15-5-3-2-4-6-15)30-19(27)12-18-20(28)25-16-11-14(23)7-8-17(16)32-18/h7-11,13,15,18H,2-6,12H2,1H3,(H,25,28). The molecule has 1 aromatic heterocycles. The largest absolute Gasteiger partial charge is 0.452 e. The van der Waals surface area contributed by atoms with Crippen molar-refractivity contribution < 1.29 is 19.1 Å². The lowest BCUT2D eigenvalue weighted by Gasteiger charge is -2.34. The predicted molar refractivity (Wildman–Crippen MR) is 126 cm³/mol. The van der Waals surface area contributed by atoms with Crippen LogP contribution >= 0.6 is 34.7 Å². The van der Waals surface area contributed by atoms with Crippen LogP contribution in [0.5, 0.6) is 0 Å². The van der Waals surface area contributed by atoms with Crippen molar-refractivity contribution in [2.24, 2.45) is 0 Å². The molecule has 1 N–H and O–H groups in total. The second kappa shape index (κ2) is 10.2. The van der Waals surface area contributed by atoms with Gasteiger partial charge in [0.1, 0.15) is 0 Å². The first-order valence-electron chi connectivity index (χ1n) is 10.6. The molecule has 32 heavy (non-hydrogen) atoms. The molecule has 2 heterocycles. The van der Waals surface area contributed by atoms with Gasteiger partial charge in [0.2, 0.25) is 5.91 Å². The van der Waals surface area contributed by atoms with Crippen LogP contribution < -0.4 is 10.2 Å². The summed E-state index contributed by atoms with van der Waals surface area (Å²) in [4.78, 5) is 45.1. The molecule has 0 bridgehead atoms. The molecule has 1 aliphatic heterocycles. The molecule has 4 rings (SSSR count). The Balaban J connectivity index is 1.39. The van der Waals surface area contributed by atoms with Gasteiger partial charge >= 0.3 is 5.97 Å². The minimum absolute atomic E-state index is 0.0616. The number of thiazole rings is 1. The van der Waals surface area contributed by atoms with Gasteiger partial charge in [-0.3, -0.25) is 19.3 Å². The maximum atomic E-state index is 13.2. The Morgan fingerprint density at radius 2 is 2.09 bits per heavy atom. The summed E-state index contributed by atoms with van der Waals surface area (Å²) in [5, 5.41) is 5.13. The van der Waals surface area contributed by atoms with Crippen molar-refractivity contribution in [2.45, 2.75) is 67.7 Å². The lowest BCUT2D eigenvalue weighted by Crippen LogP contribution is -2.47. The molecule has 7 nitrogen and oxygen atoms in total. The van der Waals surface area contributed by atoms with Crippen LogP contribution in [0.3, 0.4) is 0 Å². The first-order valence-corrected chi connectivity index (χ1v) is 12.7. The number of esters is 1. The number of halogens is 1. The first-order chi connectivity index (χ1) is 15.4. The Labute approximate surface area is 199 Å². The normalized spacial score (nSPS) is 19.6. The Bertz CT molecular complexity index is 995. The first kappa shape index (κ1) is 23.1. The van der Waals surface area contributed by atoms with Crippen LogP contribution in [0.2, 0.25) is 5.02 Å². The molecule has 0 saturated heterocycles. The second-order valence-corrected chi connectivity index (χ2v) is 10.4. The van der Waals surface area contributed by atoms with E-state index < -0.39 is 17.3 Å². The van der Waals surface area contributed by atoms with E-state index in [4.69, 9.17) is 16.3 Å². The maximum absolute atomic E-state index is 13.2. The van der Waals surface area contributed by atoms with Gasteiger partial charge in [-0.25, -0.2) is 4.98 Å². The summed E-state index contributed by atoms with van der Waals surface area (Å²) in [5.41, 5.74) is 0.632. The van der Waals surface area contributed by atoms with Gasteiger partial charge in [-0.05, 0) is 38.0 Å². The number of rotatable bonds is 6. The van der Waals surface area contributed by atoms with E-state index in [1.807, 2.05) is 11.4 Å². The molecule has 2 atom stereocenters. The molecule has 170 valence electrons. The molecule has 2 unspecified atom stereocenters. The fraction of sp³-hybridized carbons (Fsp3) is 0.455. The molecule has 2 aliphatic rings. The molecule has 1 aromatic carbocycles. The molecule has 1 saturated carbocycles. The van der Waals surface area contributed by atoms with Crippen molar-refractivity contribution in [3.63, 3.8) is 0 Å². The van der Waals surface area contributed by atoms with Crippen molar-refractivity contribution in [1.29, 1.82) is 0 Å². The fourth-order valence-corrected chi connectivity index (χ4v) is 5.97. The van der Waals surface area contributed by atoms with Gasteiger partial charge in [-0.15, -0.1) is 23.1 Å². The van der Waals surface area contributed by atoms with Crippen LogP contribution in [0.1, 0.15) is 45.4 Å². The molecule has 1 fully saturated rings. The quantitative estimate of drug-likeness (QED) is 0.576. The Morgan fingerprint density at radius 1 is 1.31 bits per heavy atom. The minimum Gasteiger partial charge on any atom is -0.452 e. The lowest BCUT2D eigenvalue weighted by molar-refractivity contribution is -0.154. The summed E-state index contributed by atoms with van der Waals surface area (Å²) >= 11 is 8.67. The highest BCUT2D eigenvalue weighted by atomic mass is 35.5. The van der Waals surface area contributed by atoms with E-state index in [0.29, 0.717) is 15.8 Å². The Morgan fingerprint density at radius 3 is 2.81 bits per heavy atom. The Kier molecular flexibility index (Phi) is 7.37. The third kappa shape index (κ3) is 5.27. The van der Waals surface area contributed by atoms with Gasteiger partial charge in [-0.1, -0.05) is 30.9 Å². The van der Waals surface area contributed by atoms with E-state index in [0.717, 1.165) is 37.0 Å². The molecule has 0 radical (unpaired) electrons. The van der Waals surface area contributed by atoms with Crippen LogP contribution in [-0.2, 0) is 19.1 Å². The molecule has 10 heteroatoms. The summed E-state index contributed by atoms with van der Waals surface area (Å²) in [7, 11) is 0. The smallest absolute Gasteiger partial charge is 0.308 e. The zero-order valence-corrected chi connectivity index (χ0v) is 20.0. The van der Waals surface area contributed by atoms with E-state index in [9.17, 15) is 14.4 Å². The molecule has 0 spiro atoms. The number of aromatic nitrogens is 1. The number of carbonyl (C=O) groups is 3. The minimum atomic E-state index is -0.962. The van der Waals surface area contributed by atoms with Crippen molar-refractivity contribution >= 4 is 63.3 Å². The van der Waals surface area contributed by atoms with Gasteiger partial charge in [0.05, 0.1) is 17.4 Å². The van der Waals surface area contributed by atoms with Crippen LogP contribution in [0.4, 0.5) is 10.8 Å². The fourth-order valence-electron chi connectivity index (χ4n) is 4.00. The second-order valence-electron chi connectivity index (χ2n) is 7.89. The van der Waals surface area contributed by atoms with Crippen LogP contribution in [-0.4, -0.2) is 40.2 Å². The third-order valence-corrected chi connectivity index (χ3v) is 7.85. The van der Waals surface area contributed by atoms with Gasteiger partial charge in [-0.2, -0.15) is 0 Å². The molecular weight excluding hydrogens is 470 g/mol. The highest BCUT2D eigenvalue weighted by molar-refractivity contribution is 8.01. The van der Waals surface area contributed by atoms with Gasteiger partial charge < -0.3 is 10.1 Å². The van der Waals surface area contributed by atoms with E-state index >= 15 is 0 Å². The third-order valence-electron chi connectivity index (χ3n) is 5.57. The SMILES string of the molecule is CC(OC(=O)CC1Sc2ccc(Cl)cc2NC1=O)C(=O)N(c1nccs1)C1CCCCC1. The number of ether oxygens (including phenoxy) is 1. The monoisotopic (exact) mass is 493 g/mol. The van der Waals surface area contributed by atoms with Crippen LogP contribution in [0.15, 0.2) is 34.7 Å². The van der Waals surface area contributed by atoms with E-state index in [1.165, 1.54) is 23.1 Å². The van der Waals surface area contributed by atoms with Crippen molar-refractivity contribution in [3.05, 3.63) is 34.8 Å². The van der Waals surface area contributed by atoms with Crippen LogP contribution in [0.25, 0.3) is 0 Å². The number of nitrogens with one attached hydrogen (secondary N) is 1. The number of anilines is 2. The van der Waals surface area contributed by atoms with Gasteiger partial charge in [0.15, 0.2) is 11.2 Å². The number of hydrogen-bond donors (Lipinski definition) is 1. The lowest BCUT2D eigenvalue weighted by atomic mass is 9.94. The molecular formula is C22H24ClN3O4S2. The number of carbonyl (C=O) groups excluding carboxylic acids is 3.